The number of esters is 3. The van der Waals surface area contributed by atoms with Gasteiger partial charge in [-0.05, 0) is 89.9 Å². The predicted molar refractivity (Wildman–Crippen MR) is 293 cm³/mol. The highest BCUT2D eigenvalue weighted by atomic mass is 16.6. The predicted octanol–water partition coefficient (Wildman–Crippen LogP) is 19.2. The smallest absolute Gasteiger partial charge is 0.306 e. The van der Waals surface area contributed by atoms with Crippen LogP contribution in [-0.2, 0) is 28.6 Å². The Kier molecular flexibility index (Phi) is 53.4. The third-order valence-electron chi connectivity index (χ3n) is 12.1. The van der Waals surface area contributed by atoms with E-state index in [1.807, 2.05) is 6.08 Å². The van der Waals surface area contributed by atoms with Crippen LogP contribution in [0.1, 0.15) is 271 Å². The molecule has 0 spiro atoms. The fourth-order valence-electron chi connectivity index (χ4n) is 7.81. The summed E-state index contributed by atoms with van der Waals surface area (Å²) in [7, 11) is 0. The van der Waals surface area contributed by atoms with Gasteiger partial charge in [0.1, 0.15) is 13.2 Å². The lowest BCUT2D eigenvalue weighted by Crippen LogP contribution is -2.30. The molecule has 0 aromatic carbocycles. The summed E-state index contributed by atoms with van der Waals surface area (Å²) in [5.41, 5.74) is 0. The molecule has 0 bridgehead atoms. The Morgan fingerprint density at radius 1 is 0.294 bits per heavy atom. The fourth-order valence-corrected chi connectivity index (χ4v) is 7.81. The molecule has 0 aliphatic heterocycles. The highest BCUT2D eigenvalue weighted by molar-refractivity contribution is 5.71. The van der Waals surface area contributed by atoms with Crippen LogP contribution in [0.25, 0.3) is 0 Å². The molecule has 0 saturated heterocycles. The van der Waals surface area contributed by atoms with Crippen LogP contribution >= 0.6 is 0 Å². The maximum Gasteiger partial charge on any atom is 0.306 e. The molecule has 0 saturated carbocycles. The summed E-state index contributed by atoms with van der Waals surface area (Å²) in [5.74, 6) is -0.988. The fraction of sp³-hybridized carbons (Fsp3) is 0.726. The molecule has 6 nitrogen and oxygen atoms in total. The van der Waals surface area contributed by atoms with Crippen molar-refractivity contribution in [1.82, 2.24) is 0 Å². The monoisotopic (exact) mass is 947 g/mol. The summed E-state index contributed by atoms with van der Waals surface area (Å²) in [5, 5.41) is 0. The van der Waals surface area contributed by atoms with Crippen LogP contribution in [0, 0.1) is 0 Å². The molecule has 0 rings (SSSR count). The second-order valence-electron chi connectivity index (χ2n) is 18.8. The first-order valence-electron chi connectivity index (χ1n) is 28.6. The zero-order valence-electron chi connectivity index (χ0n) is 44.6. The van der Waals surface area contributed by atoms with E-state index >= 15 is 0 Å². The Morgan fingerprint density at radius 2 is 0.559 bits per heavy atom. The quantitative estimate of drug-likeness (QED) is 0.0262. The molecule has 1 atom stereocenters. The summed E-state index contributed by atoms with van der Waals surface area (Å²) in [6, 6.07) is 0. The number of hydrogen-bond acceptors (Lipinski definition) is 6. The van der Waals surface area contributed by atoms with Crippen LogP contribution in [0.15, 0.2) is 85.1 Å². The van der Waals surface area contributed by atoms with Gasteiger partial charge in [0.2, 0.25) is 0 Å². The molecule has 390 valence electrons. The highest BCUT2D eigenvalue weighted by Gasteiger charge is 2.19. The molecule has 0 amide bonds. The Balaban J connectivity index is 4.47. The summed E-state index contributed by atoms with van der Waals surface area (Å²) in [4.78, 5) is 38.1. The lowest BCUT2D eigenvalue weighted by molar-refractivity contribution is -0.166. The maximum atomic E-state index is 12.8. The Hall–Kier alpha value is -3.41. The molecule has 0 aromatic heterocycles. The molecule has 0 aliphatic rings. The average molecular weight is 948 g/mol. The van der Waals surface area contributed by atoms with Crippen molar-refractivity contribution >= 4 is 17.9 Å². The van der Waals surface area contributed by atoms with Gasteiger partial charge in [0, 0.05) is 19.3 Å². The van der Waals surface area contributed by atoms with Gasteiger partial charge in [-0.15, -0.1) is 0 Å². The van der Waals surface area contributed by atoms with Crippen molar-refractivity contribution in [1.29, 1.82) is 0 Å². The zero-order chi connectivity index (χ0) is 49.3. The van der Waals surface area contributed by atoms with Gasteiger partial charge < -0.3 is 14.2 Å². The first-order chi connectivity index (χ1) is 33.5. The number of unbranched alkanes of at least 4 members (excludes halogenated alkanes) is 26. The van der Waals surface area contributed by atoms with Crippen LogP contribution < -0.4 is 0 Å². The van der Waals surface area contributed by atoms with Crippen LogP contribution in [-0.4, -0.2) is 37.2 Å². The van der Waals surface area contributed by atoms with Crippen LogP contribution in [0.3, 0.4) is 0 Å². The minimum absolute atomic E-state index is 0.106. The molecule has 6 heteroatoms. The molecule has 0 radical (unpaired) electrons. The Bertz CT molecular complexity index is 1320. The molecular weight excluding hydrogens is 841 g/mol. The first kappa shape index (κ1) is 64.6. The number of rotatable bonds is 51. The zero-order valence-corrected chi connectivity index (χ0v) is 44.6. The van der Waals surface area contributed by atoms with Crippen molar-refractivity contribution in [3.05, 3.63) is 85.1 Å². The van der Waals surface area contributed by atoms with Crippen molar-refractivity contribution in [3.63, 3.8) is 0 Å². The molecule has 0 aliphatic carbocycles. The number of hydrogen-bond donors (Lipinski definition) is 0. The average Bonchev–Trinajstić information content (AvgIpc) is 3.34. The van der Waals surface area contributed by atoms with Crippen molar-refractivity contribution in [2.24, 2.45) is 0 Å². The van der Waals surface area contributed by atoms with E-state index in [-0.39, 0.29) is 31.6 Å². The topological polar surface area (TPSA) is 78.9 Å². The summed E-state index contributed by atoms with van der Waals surface area (Å²) in [6.45, 7) is 6.53. The summed E-state index contributed by atoms with van der Waals surface area (Å²) in [6.07, 6.45) is 72.9. The lowest BCUT2D eigenvalue weighted by atomic mass is 10.0. The van der Waals surface area contributed by atoms with Gasteiger partial charge in [0.25, 0.3) is 0 Å². The third-order valence-corrected chi connectivity index (χ3v) is 12.1. The van der Waals surface area contributed by atoms with Gasteiger partial charge in [0.05, 0.1) is 0 Å². The van der Waals surface area contributed by atoms with Crippen molar-refractivity contribution in [2.45, 2.75) is 277 Å². The van der Waals surface area contributed by atoms with E-state index in [1.54, 1.807) is 0 Å². The van der Waals surface area contributed by atoms with Gasteiger partial charge >= 0.3 is 17.9 Å². The minimum Gasteiger partial charge on any atom is -0.462 e. The van der Waals surface area contributed by atoms with Crippen LogP contribution in [0.4, 0.5) is 0 Å². The molecule has 0 N–H and O–H groups in total. The summed E-state index contributed by atoms with van der Waals surface area (Å²) >= 11 is 0. The second kappa shape index (κ2) is 56.2. The molecule has 68 heavy (non-hydrogen) atoms. The van der Waals surface area contributed by atoms with E-state index in [1.165, 1.54) is 154 Å². The Labute approximate surface area is 420 Å². The minimum atomic E-state index is -0.816. The van der Waals surface area contributed by atoms with Crippen LogP contribution in [0.2, 0.25) is 0 Å². The normalized spacial score (nSPS) is 12.7. The third kappa shape index (κ3) is 53.5. The molecular formula is C62H106O6. The van der Waals surface area contributed by atoms with E-state index < -0.39 is 12.1 Å². The Morgan fingerprint density at radius 3 is 0.912 bits per heavy atom. The van der Waals surface area contributed by atoms with Crippen molar-refractivity contribution in [2.75, 3.05) is 13.2 Å². The second-order valence-corrected chi connectivity index (χ2v) is 18.8. The van der Waals surface area contributed by atoms with E-state index in [0.717, 1.165) is 70.6 Å². The molecule has 0 aromatic rings. The van der Waals surface area contributed by atoms with Gasteiger partial charge in [-0.25, -0.2) is 0 Å². The van der Waals surface area contributed by atoms with Gasteiger partial charge in [-0.2, -0.15) is 0 Å². The van der Waals surface area contributed by atoms with E-state index in [9.17, 15) is 14.4 Å². The van der Waals surface area contributed by atoms with Crippen molar-refractivity contribution in [3.8, 4) is 0 Å². The van der Waals surface area contributed by atoms with E-state index in [0.29, 0.717) is 19.3 Å². The van der Waals surface area contributed by atoms with Crippen LogP contribution in [0.5, 0.6) is 0 Å². The van der Waals surface area contributed by atoms with E-state index in [2.05, 4.69) is 99.8 Å². The number of carbonyl (C=O) groups excluding carboxylic acids is 3. The number of allylic oxidation sites excluding steroid dienone is 14. The SMILES string of the molecule is CCCCC/C=C\C/C=C\C/C=C\C/C=C\C/C=C\CCC(=O)O[C@H](COC(=O)CCCCCCCCCCC/C=C\C/C=C\CCCCC)COC(=O)CCCCCCCCCCCCCC. The number of carbonyl (C=O) groups is 3. The van der Waals surface area contributed by atoms with Gasteiger partial charge in [-0.1, -0.05) is 247 Å². The highest BCUT2D eigenvalue weighted by Crippen LogP contribution is 2.15. The standard InChI is InChI=1S/C62H106O6/c1-4-7-10-13-16-19-22-25-27-29-31-33-35-37-40-43-46-49-52-55-61(64)67-58-59(57-66-60(63)54-51-48-45-42-39-24-21-18-15-12-9-6-3)68-62(65)56-53-50-47-44-41-38-36-34-32-30-28-26-23-20-17-14-11-8-5-2/h16-17,19-20,25-28,32,34,38,41,47,50,59H,4-15,18,21-24,29-31,33,35-37,39-40,42-46,48-49,51-58H2,1-3H3/b19-16-,20-17-,27-25-,28-26-,34-32-,41-38-,50-47-/t59-/m0/s1. The number of ether oxygens (including phenoxy) is 3. The molecule has 0 fully saturated rings. The lowest BCUT2D eigenvalue weighted by Gasteiger charge is -2.18. The van der Waals surface area contributed by atoms with Gasteiger partial charge in [-0.3, -0.25) is 14.4 Å². The van der Waals surface area contributed by atoms with Crippen molar-refractivity contribution < 1.29 is 28.6 Å². The van der Waals surface area contributed by atoms with E-state index in [4.69, 9.17) is 14.2 Å². The largest absolute Gasteiger partial charge is 0.462 e. The summed E-state index contributed by atoms with van der Waals surface area (Å²) < 4.78 is 16.8. The first-order valence-corrected chi connectivity index (χ1v) is 28.6. The maximum absolute atomic E-state index is 12.8. The molecule has 0 unspecified atom stereocenters. The van der Waals surface area contributed by atoms with Gasteiger partial charge in [0.15, 0.2) is 6.10 Å². The molecule has 0 heterocycles.